The summed E-state index contributed by atoms with van der Waals surface area (Å²) in [5.74, 6) is -0.291. The molecule has 0 aromatic heterocycles. The summed E-state index contributed by atoms with van der Waals surface area (Å²) in [6.45, 7) is 5.19. The first-order valence-electron chi connectivity index (χ1n) is 5.41. The van der Waals surface area contributed by atoms with Crippen LogP contribution in [0.5, 0.6) is 0 Å². The summed E-state index contributed by atoms with van der Waals surface area (Å²) >= 11 is 0. The number of urea groups is 1. The zero-order valence-corrected chi connectivity index (χ0v) is 9.28. The third kappa shape index (κ3) is 2.84. The van der Waals surface area contributed by atoms with Gasteiger partial charge < -0.3 is 15.0 Å². The van der Waals surface area contributed by atoms with Gasteiger partial charge in [0, 0.05) is 13.1 Å². The van der Waals surface area contributed by atoms with Crippen molar-refractivity contribution in [3.05, 3.63) is 0 Å². The van der Waals surface area contributed by atoms with Crippen molar-refractivity contribution in [1.29, 1.82) is 0 Å². The van der Waals surface area contributed by atoms with Crippen molar-refractivity contribution in [3.8, 4) is 0 Å². The molecule has 1 atom stereocenters. The third-order valence-electron chi connectivity index (χ3n) is 2.40. The molecule has 5 nitrogen and oxygen atoms in total. The molecular weight excluding hydrogens is 196 g/mol. The molecule has 1 saturated heterocycles. The lowest BCUT2D eigenvalue weighted by Crippen LogP contribution is -2.46. The number of carbonyl (C=O) groups is 2. The van der Waals surface area contributed by atoms with Gasteiger partial charge in [0.2, 0.25) is 0 Å². The molecule has 1 heterocycles. The van der Waals surface area contributed by atoms with Gasteiger partial charge in [0.25, 0.3) is 0 Å². The van der Waals surface area contributed by atoms with Crippen LogP contribution in [0.3, 0.4) is 0 Å². The molecule has 0 unspecified atom stereocenters. The van der Waals surface area contributed by atoms with E-state index in [0.29, 0.717) is 26.1 Å². The van der Waals surface area contributed by atoms with Crippen LogP contribution in [-0.2, 0) is 9.53 Å². The fourth-order valence-corrected chi connectivity index (χ4v) is 1.75. The number of nitrogens with one attached hydrogen (secondary N) is 1. The van der Waals surface area contributed by atoms with Gasteiger partial charge in [-0.25, -0.2) is 9.59 Å². The monoisotopic (exact) mass is 214 g/mol. The van der Waals surface area contributed by atoms with E-state index in [1.807, 2.05) is 6.92 Å². The van der Waals surface area contributed by atoms with Crippen LogP contribution in [0.2, 0.25) is 0 Å². The molecule has 15 heavy (non-hydrogen) atoms. The Morgan fingerprint density at radius 1 is 1.47 bits per heavy atom. The Hall–Kier alpha value is -1.26. The summed E-state index contributed by atoms with van der Waals surface area (Å²) < 4.78 is 4.92. The standard InChI is InChI=1S/C10H18N2O3/c1-3-11-10(14)12-7-5-6-8(12)9(13)15-4-2/h8H,3-7H2,1-2H3,(H,11,14)/t8-/m1/s1. The highest BCUT2D eigenvalue weighted by Gasteiger charge is 2.34. The first-order chi connectivity index (χ1) is 7.20. The molecule has 0 aromatic carbocycles. The number of hydrogen-bond acceptors (Lipinski definition) is 3. The van der Waals surface area contributed by atoms with Gasteiger partial charge in [-0.05, 0) is 26.7 Å². The lowest BCUT2D eigenvalue weighted by molar-refractivity contribution is -0.147. The molecule has 86 valence electrons. The van der Waals surface area contributed by atoms with Crippen LogP contribution < -0.4 is 5.32 Å². The summed E-state index contributed by atoms with van der Waals surface area (Å²) in [5.41, 5.74) is 0. The molecule has 0 spiro atoms. The first kappa shape index (κ1) is 11.8. The van der Waals surface area contributed by atoms with Gasteiger partial charge in [0.05, 0.1) is 6.61 Å². The van der Waals surface area contributed by atoms with Gasteiger partial charge in [-0.2, -0.15) is 0 Å². The fourth-order valence-electron chi connectivity index (χ4n) is 1.75. The lowest BCUT2D eigenvalue weighted by atomic mass is 10.2. The van der Waals surface area contributed by atoms with Crippen LogP contribution >= 0.6 is 0 Å². The summed E-state index contributed by atoms with van der Waals surface area (Å²) in [6.07, 6.45) is 1.57. The van der Waals surface area contributed by atoms with Crippen molar-refractivity contribution < 1.29 is 14.3 Å². The molecule has 1 aliphatic rings. The van der Waals surface area contributed by atoms with Crippen molar-refractivity contribution in [3.63, 3.8) is 0 Å². The average molecular weight is 214 g/mol. The Labute approximate surface area is 89.8 Å². The second-order valence-electron chi connectivity index (χ2n) is 3.44. The van der Waals surface area contributed by atoms with E-state index < -0.39 is 6.04 Å². The molecule has 0 aromatic rings. The maximum atomic E-state index is 11.6. The van der Waals surface area contributed by atoms with Crippen LogP contribution in [0, 0.1) is 0 Å². The number of nitrogens with zero attached hydrogens (tertiary/aromatic N) is 1. The maximum Gasteiger partial charge on any atom is 0.328 e. The molecule has 1 N–H and O–H groups in total. The zero-order valence-electron chi connectivity index (χ0n) is 9.28. The van der Waals surface area contributed by atoms with E-state index in [1.165, 1.54) is 0 Å². The van der Waals surface area contributed by atoms with Crippen LogP contribution in [0.1, 0.15) is 26.7 Å². The van der Waals surface area contributed by atoms with Crippen LogP contribution in [-0.4, -0.2) is 42.6 Å². The predicted octanol–water partition coefficient (Wildman–Crippen LogP) is 0.743. The van der Waals surface area contributed by atoms with Crippen molar-refractivity contribution in [2.75, 3.05) is 19.7 Å². The molecule has 1 fully saturated rings. The number of carbonyl (C=O) groups excluding carboxylic acids is 2. The van der Waals surface area contributed by atoms with E-state index in [0.717, 1.165) is 6.42 Å². The molecular formula is C10H18N2O3. The minimum absolute atomic E-state index is 0.173. The Balaban J connectivity index is 2.56. The molecule has 5 heteroatoms. The smallest absolute Gasteiger partial charge is 0.328 e. The highest BCUT2D eigenvalue weighted by Crippen LogP contribution is 2.18. The number of hydrogen-bond donors (Lipinski definition) is 1. The van der Waals surface area contributed by atoms with Crippen LogP contribution in [0.4, 0.5) is 4.79 Å². The van der Waals surface area contributed by atoms with Crippen molar-refractivity contribution in [2.45, 2.75) is 32.7 Å². The molecule has 1 aliphatic heterocycles. The van der Waals surface area contributed by atoms with Gasteiger partial charge in [-0.1, -0.05) is 0 Å². The van der Waals surface area contributed by atoms with Crippen LogP contribution in [0.25, 0.3) is 0 Å². The Bertz CT molecular complexity index is 219. The summed E-state index contributed by atoms with van der Waals surface area (Å²) in [6, 6.07) is -0.565. The summed E-state index contributed by atoms with van der Waals surface area (Å²) in [4.78, 5) is 24.6. The van der Waals surface area contributed by atoms with E-state index in [9.17, 15) is 9.59 Å². The van der Waals surface area contributed by atoms with E-state index in [-0.39, 0.29) is 12.0 Å². The van der Waals surface area contributed by atoms with Crippen LogP contribution in [0.15, 0.2) is 0 Å². The van der Waals surface area contributed by atoms with Gasteiger partial charge in [-0.15, -0.1) is 0 Å². The van der Waals surface area contributed by atoms with Gasteiger partial charge in [0.15, 0.2) is 0 Å². The van der Waals surface area contributed by atoms with Crippen molar-refractivity contribution in [1.82, 2.24) is 10.2 Å². The molecule has 0 radical (unpaired) electrons. The fraction of sp³-hybridized carbons (Fsp3) is 0.800. The summed E-state index contributed by atoms with van der Waals surface area (Å²) in [7, 11) is 0. The van der Waals surface area contributed by atoms with E-state index in [4.69, 9.17) is 4.74 Å². The lowest BCUT2D eigenvalue weighted by Gasteiger charge is -2.22. The van der Waals surface area contributed by atoms with Gasteiger partial charge >= 0.3 is 12.0 Å². The molecule has 0 saturated carbocycles. The quantitative estimate of drug-likeness (QED) is 0.705. The van der Waals surface area contributed by atoms with E-state index in [1.54, 1.807) is 11.8 Å². The molecule has 0 aliphatic carbocycles. The Kier molecular flexibility index (Phi) is 4.39. The second-order valence-corrected chi connectivity index (χ2v) is 3.44. The van der Waals surface area contributed by atoms with E-state index in [2.05, 4.69) is 5.32 Å². The normalized spacial score (nSPS) is 20.1. The highest BCUT2D eigenvalue weighted by atomic mass is 16.5. The topological polar surface area (TPSA) is 58.6 Å². The SMILES string of the molecule is CCNC(=O)N1CCC[C@@H]1C(=O)OCC. The Morgan fingerprint density at radius 3 is 2.80 bits per heavy atom. The zero-order chi connectivity index (χ0) is 11.3. The van der Waals surface area contributed by atoms with Gasteiger partial charge in [-0.3, -0.25) is 0 Å². The van der Waals surface area contributed by atoms with Gasteiger partial charge in [0.1, 0.15) is 6.04 Å². The molecule has 2 amide bonds. The largest absolute Gasteiger partial charge is 0.464 e. The highest BCUT2D eigenvalue weighted by molar-refractivity contribution is 5.84. The Morgan fingerprint density at radius 2 is 2.20 bits per heavy atom. The summed E-state index contributed by atoms with van der Waals surface area (Å²) in [5, 5.41) is 2.69. The first-order valence-corrected chi connectivity index (χ1v) is 5.41. The average Bonchev–Trinajstić information content (AvgIpc) is 2.66. The number of esters is 1. The minimum Gasteiger partial charge on any atom is -0.464 e. The number of amides is 2. The number of likely N-dealkylation sites (tertiary alicyclic amines) is 1. The van der Waals surface area contributed by atoms with Crippen molar-refractivity contribution in [2.24, 2.45) is 0 Å². The molecule has 0 bridgehead atoms. The number of ether oxygens (including phenoxy) is 1. The maximum absolute atomic E-state index is 11.6. The predicted molar refractivity (Wildman–Crippen MR) is 55.4 cm³/mol. The minimum atomic E-state index is -0.392. The third-order valence-corrected chi connectivity index (χ3v) is 2.40. The second kappa shape index (κ2) is 5.58. The molecule has 1 rings (SSSR count). The number of rotatable bonds is 3. The van der Waals surface area contributed by atoms with E-state index >= 15 is 0 Å². The van der Waals surface area contributed by atoms with Crippen molar-refractivity contribution >= 4 is 12.0 Å².